The first-order chi connectivity index (χ1) is 17.8. The summed E-state index contributed by atoms with van der Waals surface area (Å²) >= 11 is 0. The van der Waals surface area contributed by atoms with Crippen LogP contribution in [-0.4, -0.2) is 49.9 Å². The summed E-state index contributed by atoms with van der Waals surface area (Å²) in [5.74, 6) is -0.707. The Bertz CT molecular complexity index is 1340. The predicted molar refractivity (Wildman–Crippen MR) is 151 cm³/mol. The number of amides is 2. The third-order valence-electron chi connectivity index (χ3n) is 7.27. The van der Waals surface area contributed by atoms with Gasteiger partial charge in [-0.15, -0.1) is 0 Å². The van der Waals surface area contributed by atoms with E-state index in [0.717, 1.165) is 37.2 Å². The average Bonchev–Trinajstić information content (AvgIpc) is 3.19. The minimum atomic E-state index is -0.361. The quantitative estimate of drug-likeness (QED) is 0.395. The van der Waals surface area contributed by atoms with Crippen molar-refractivity contribution < 1.29 is 9.59 Å². The number of nitrogen functional groups attached to an aromatic ring is 1. The first kappa shape index (κ1) is 24.6. The number of imide groups is 1. The lowest BCUT2D eigenvalue weighted by molar-refractivity contribution is -0.122. The van der Waals surface area contributed by atoms with Gasteiger partial charge in [0.05, 0.1) is 17.0 Å². The van der Waals surface area contributed by atoms with E-state index in [1.165, 1.54) is 17.5 Å². The van der Waals surface area contributed by atoms with Crippen LogP contribution in [0.5, 0.6) is 0 Å². The van der Waals surface area contributed by atoms with Gasteiger partial charge in [-0.05, 0) is 75.0 Å². The van der Waals surface area contributed by atoms with Crippen molar-refractivity contribution in [3.05, 3.63) is 83.9 Å². The molecular formula is C30H33N5O2. The molecule has 2 aliphatic heterocycles. The van der Waals surface area contributed by atoms with Crippen molar-refractivity contribution >= 4 is 45.8 Å². The molecule has 0 bridgehead atoms. The summed E-state index contributed by atoms with van der Waals surface area (Å²) in [5, 5.41) is 3.50. The van der Waals surface area contributed by atoms with Crippen LogP contribution >= 0.6 is 0 Å². The lowest BCUT2D eigenvalue weighted by Gasteiger charge is -2.36. The molecule has 0 saturated carbocycles. The Morgan fingerprint density at radius 1 is 0.973 bits per heavy atom. The molecular weight excluding hydrogens is 462 g/mol. The highest BCUT2D eigenvalue weighted by atomic mass is 16.2. The fourth-order valence-corrected chi connectivity index (χ4v) is 5.26. The number of nitrogens with one attached hydrogen (secondary N) is 1. The molecule has 190 valence electrons. The summed E-state index contributed by atoms with van der Waals surface area (Å²) in [6.45, 7) is 3.46. The van der Waals surface area contributed by atoms with Gasteiger partial charge in [0.15, 0.2) is 0 Å². The zero-order valence-corrected chi connectivity index (χ0v) is 21.6. The van der Waals surface area contributed by atoms with Crippen LogP contribution in [0.2, 0.25) is 0 Å². The molecule has 1 saturated heterocycles. The summed E-state index contributed by atoms with van der Waals surface area (Å²) in [7, 11) is 4.30. The number of rotatable bonds is 5. The minimum Gasteiger partial charge on any atom is -0.399 e. The van der Waals surface area contributed by atoms with E-state index in [4.69, 9.17) is 5.73 Å². The summed E-state index contributed by atoms with van der Waals surface area (Å²) < 4.78 is 0. The summed E-state index contributed by atoms with van der Waals surface area (Å²) in [6, 6.07) is 23.9. The Kier molecular flexibility index (Phi) is 6.72. The van der Waals surface area contributed by atoms with Gasteiger partial charge in [0.2, 0.25) is 5.91 Å². The topological polar surface area (TPSA) is 81.9 Å². The van der Waals surface area contributed by atoms with E-state index in [1.807, 2.05) is 48.5 Å². The third kappa shape index (κ3) is 4.82. The van der Waals surface area contributed by atoms with Crippen molar-refractivity contribution in [1.82, 2.24) is 4.90 Å². The van der Waals surface area contributed by atoms with Crippen molar-refractivity contribution in [2.75, 3.05) is 48.0 Å². The highest BCUT2D eigenvalue weighted by Gasteiger charge is 2.37. The van der Waals surface area contributed by atoms with Crippen LogP contribution in [0.3, 0.4) is 0 Å². The van der Waals surface area contributed by atoms with Gasteiger partial charge in [0, 0.05) is 48.7 Å². The zero-order valence-electron chi connectivity index (χ0n) is 21.6. The fourth-order valence-electron chi connectivity index (χ4n) is 5.26. The van der Waals surface area contributed by atoms with Gasteiger partial charge in [0.25, 0.3) is 5.91 Å². The summed E-state index contributed by atoms with van der Waals surface area (Å²) in [4.78, 5) is 32.0. The fraction of sp³-hybridized carbons (Fsp3) is 0.267. The van der Waals surface area contributed by atoms with Gasteiger partial charge < -0.3 is 20.9 Å². The molecule has 0 unspecified atom stereocenters. The highest BCUT2D eigenvalue weighted by Crippen LogP contribution is 2.42. The van der Waals surface area contributed by atoms with Crippen LogP contribution < -0.4 is 20.9 Å². The minimum absolute atomic E-state index is 0.346. The standard InChI is InChI=1S/C30H33N5O2/c1-20(36)35-27-19-22(31)9-14-26(27)28(30(35)37)29(21-7-5-4-6-8-21)32-23-10-12-25(13-11-23)34-17-15-24(16-18-34)33(2)3/h4-14,19,24,32H,15-18,31H2,1-3H3/b29-28-. The largest absolute Gasteiger partial charge is 0.399 e. The Balaban J connectivity index is 1.50. The number of anilines is 4. The number of nitrogens with zero attached hydrogens (tertiary/aromatic N) is 3. The van der Waals surface area contributed by atoms with E-state index in [0.29, 0.717) is 34.3 Å². The van der Waals surface area contributed by atoms with Gasteiger partial charge in [0.1, 0.15) is 0 Å². The molecule has 2 aliphatic rings. The first-order valence-corrected chi connectivity index (χ1v) is 12.7. The molecule has 3 N–H and O–H groups in total. The molecule has 7 nitrogen and oxygen atoms in total. The molecule has 0 aromatic heterocycles. The monoisotopic (exact) mass is 495 g/mol. The Morgan fingerprint density at radius 3 is 2.27 bits per heavy atom. The molecule has 7 heteroatoms. The zero-order chi connectivity index (χ0) is 26.1. The number of carbonyl (C=O) groups is 2. The van der Waals surface area contributed by atoms with E-state index in [2.05, 4.69) is 41.3 Å². The van der Waals surface area contributed by atoms with Crippen molar-refractivity contribution in [3.63, 3.8) is 0 Å². The normalized spacial score (nSPS) is 17.2. The summed E-state index contributed by atoms with van der Waals surface area (Å²) in [5.41, 5.74) is 11.7. The lowest BCUT2D eigenvalue weighted by atomic mass is 9.99. The smallest absolute Gasteiger partial charge is 0.267 e. The molecule has 1 fully saturated rings. The molecule has 3 aromatic carbocycles. The molecule has 0 aliphatic carbocycles. The van der Waals surface area contributed by atoms with Gasteiger partial charge >= 0.3 is 0 Å². The Morgan fingerprint density at radius 2 is 1.65 bits per heavy atom. The summed E-state index contributed by atoms with van der Waals surface area (Å²) in [6.07, 6.45) is 2.30. The van der Waals surface area contributed by atoms with Crippen LogP contribution in [0, 0.1) is 0 Å². The predicted octanol–water partition coefficient (Wildman–Crippen LogP) is 4.67. The van der Waals surface area contributed by atoms with Crippen LogP contribution in [0.4, 0.5) is 22.7 Å². The SMILES string of the molecule is CC(=O)N1C(=O)/C(=C(\Nc2ccc(N3CCC(N(C)C)CC3)cc2)c2ccccc2)c2ccc(N)cc21. The molecule has 0 radical (unpaired) electrons. The molecule has 3 aromatic rings. The molecule has 5 rings (SSSR count). The number of piperidine rings is 1. The average molecular weight is 496 g/mol. The van der Waals surface area contributed by atoms with Gasteiger partial charge in [-0.3, -0.25) is 9.59 Å². The van der Waals surface area contributed by atoms with Crippen LogP contribution in [-0.2, 0) is 9.59 Å². The van der Waals surface area contributed by atoms with E-state index in [9.17, 15) is 9.59 Å². The molecule has 2 heterocycles. The third-order valence-corrected chi connectivity index (χ3v) is 7.27. The van der Waals surface area contributed by atoms with Gasteiger partial charge in [-0.25, -0.2) is 4.90 Å². The van der Waals surface area contributed by atoms with E-state index < -0.39 is 0 Å². The number of hydrogen-bond donors (Lipinski definition) is 2. The molecule has 0 spiro atoms. The van der Waals surface area contributed by atoms with Crippen LogP contribution in [0.25, 0.3) is 11.3 Å². The number of carbonyl (C=O) groups excluding carboxylic acids is 2. The number of benzene rings is 3. The van der Waals surface area contributed by atoms with E-state index in [1.54, 1.807) is 12.1 Å². The maximum atomic E-state index is 13.6. The maximum absolute atomic E-state index is 13.6. The first-order valence-electron chi connectivity index (χ1n) is 12.7. The van der Waals surface area contributed by atoms with Crippen LogP contribution in [0.15, 0.2) is 72.8 Å². The van der Waals surface area contributed by atoms with E-state index in [-0.39, 0.29) is 11.8 Å². The second-order valence-electron chi connectivity index (χ2n) is 9.91. The Hall–Kier alpha value is -4.10. The number of fused-ring (bicyclic) bond motifs is 1. The van der Waals surface area contributed by atoms with Crippen molar-refractivity contribution in [1.29, 1.82) is 0 Å². The van der Waals surface area contributed by atoms with Gasteiger partial charge in [-0.2, -0.15) is 0 Å². The molecule has 0 atom stereocenters. The van der Waals surface area contributed by atoms with Crippen molar-refractivity contribution in [2.24, 2.45) is 0 Å². The van der Waals surface area contributed by atoms with Crippen molar-refractivity contribution in [2.45, 2.75) is 25.8 Å². The second kappa shape index (κ2) is 10.1. The van der Waals surface area contributed by atoms with Crippen molar-refractivity contribution in [3.8, 4) is 0 Å². The molecule has 37 heavy (non-hydrogen) atoms. The maximum Gasteiger partial charge on any atom is 0.267 e. The molecule has 2 amide bonds. The lowest BCUT2D eigenvalue weighted by Crippen LogP contribution is -2.41. The van der Waals surface area contributed by atoms with E-state index >= 15 is 0 Å². The van der Waals surface area contributed by atoms with Crippen LogP contribution in [0.1, 0.15) is 30.9 Å². The number of nitrogens with two attached hydrogens (primary N) is 1. The highest BCUT2D eigenvalue weighted by molar-refractivity contribution is 6.43. The van der Waals surface area contributed by atoms with Gasteiger partial charge in [-0.1, -0.05) is 30.3 Å². The number of hydrogen-bond acceptors (Lipinski definition) is 6. The Labute approximate surface area is 218 Å². The second-order valence-corrected chi connectivity index (χ2v) is 9.91.